The summed E-state index contributed by atoms with van der Waals surface area (Å²) in [4.78, 5) is 12.6. The molecular formula is C11H13F3N2O. The van der Waals surface area contributed by atoms with Crippen molar-refractivity contribution in [3.05, 3.63) is 29.6 Å². The summed E-state index contributed by atoms with van der Waals surface area (Å²) in [6.45, 7) is 1.87. The van der Waals surface area contributed by atoms with Gasteiger partial charge in [-0.05, 0) is 19.1 Å². The van der Waals surface area contributed by atoms with Crippen LogP contribution in [0.5, 0.6) is 0 Å². The third-order valence-electron chi connectivity index (χ3n) is 2.28. The van der Waals surface area contributed by atoms with Crippen molar-refractivity contribution in [1.29, 1.82) is 0 Å². The number of nitrogens with two attached hydrogens (primary N) is 1. The minimum Gasteiger partial charge on any atom is -0.330 e. The maximum Gasteiger partial charge on any atom is 0.228 e. The van der Waals surface area contributed by atoms with Crippen LogP contribution in [0.4, 0.5) is 18.9 Å². The fourth-order valence-electron chi connectivity index (χ4n) is 1.46. The Balaban J connectivity index is 3.13. The highest BCUT2D eigenvalue weighted by molar-refractivity contribution is 5.93. The first kappa shape index (κ1) is 13.5. The number of benzene rings is 1. The van der Waals surface area contributed by atoms with Crippen LogP contribution in [0, 0.1) is 17.5 Å². The Morgan fingerprint density at radius 2 is 1.94 bits per heavy atom. The van der Waals surface area contributed by atoms with E-state index in [0.717, 1.165) is 17.0 Å². The number of hydrogen-bond acceptors (Lipinski definition) is 2. The standard InChI is InChI=1S/C11H13F3N2O/c1-2-16(9(17)5-6-15)8-4-3-7(12)10(13)11(8)14/h3-4H,2,5-6,15H2,1H3. The van der Waals surface area contributed by atoms with Gasteiger partial charge in [-0.1, -0.05) is 0 Å². The van der Waals surface area contributed by atoms with Crippen LogP contribution in [-0.4, -0.2) is 19.0 Å². The van der Waals surface area contributed by atoms with Crippen molar-refractivity contribution < 1.29 is 18.0 Å². The zero-order valence-corrected chi connectivity index (χ0v) is 9.34. The van der Waals surface area contributed by atoms with Crippen LogP contribution in [-0.2, 0) is 4.79 Å². The van der Waals surface area contributed by atoms with Crippen molar-refractivity contribution in [2.45, 2.75) is 13.3 Å². The summed E-state index contributed by atoms with van der Waals surface area (Å²) in [7, 11) is 0. The first-order valence-corrected chi connectivity index (χ1v) is 5.16. The van der Waals surface area contributed by atoms with Gasteiger partial charge in [0.2, 0.25) is 5.91 Å². The second-order valence-corrected chi connectivity index (χ2v) is 3.37. The van der Waals surface area contributed by atoms with E-state index in [2.05, 4.69) is 0 Å². The van der Waals surface area contributed by atoms with E-state index in [1.54, 1.807) is 6.92 Å². The Morgan fingerprint density at radius 1 is 1.29 bits per heavy atom. The number of carbonyl (C=O) groups is 1. The summed E-state index contributed by atoms with van der Waals surface area (Å²) < 4.78 is 39.2. The Morgan fingerprint density at radius 3 is 2.47 bits per heavy atom. The van der Waals surface area contributed by atoms with Gasteiger partial charge < -0.3 is 10.6 Å². The topological polar surface area (TPSA) is 46.3 Å². The number of halogens is 3. The molecule has 0 fully saturated rings. The molecule has 0 aliphatic rings. The van der Waals surface area contributed by atoms with Gasteiger partial charge in [0.15, 0.2) is 17.5 Å². The minimum atomic E-state index is -1.58. The lowest BCUT2D eigenvalue weighted by Crippen LogP contribution is -2.33. The highest BCUT2D eigenvalue weighted by atomic mass is 19.2. The second kappa shape index (κ2) is 5.67. The lowest BCUT2D eigenvalue weighted by Gasteiger charge is -2.21. The molecule has 0 radical (unpaired) electrons. The number of anilines is 1. The van der Waals surface area contributed by atoms with Gasteiger partial charge >= 0.3 is 0 Å². The third kappa shape index (κ3) is 2.76. The van der Waals surface area contributed by atoms with Crippen molar-refractivity contribution in [2.75, 3.05) is 18.0 Å². The van der Waals surface area contributed by atoms with Crippen LogP contribution in [0.1, 0.15) is 13.3 Å². The molecule has 0 atom stereocenters. The number of amides is 1. The van der Waals surface area contributed by atoms with Crippen LogP contribution >= 0.6 is 0 Å². The van der Waals surface area contributed by atoms with Gasteiger partial charge in [0.05, 0.1) is 5.69 Å². The average Bonchev–Trinajstić information content (AvgIpc) is 2.30. The van der Waals surface area contributed by atoms with Gasteiger partial charge in [-0.2, -0.15) is 0 Å². The van der Waals surface area contributed by atoms with E-state index in [-0.39, 0.29) is 25.2 Å². The molecule has 6 heteroatoms. The number of carbonyl (C=O) groups excluding carboxylic acids is 1. The van der Waals surface area contributed by atoms with Crippen LogP contribution in [0.25, 0.3) is 0 Å². The molecule has 1 aromatic carbocycles. The van der Waals surface area contributed by atoms with Gasteiger partial charge in [-0.15, -0.1) is 0 Å². The summed E-state index contributed by atoms with van der Waals surface area (Å²) in [6, 6.07) is 1.82. The zero-order valence-electron chi connectivity index (χ0n) is 9.34. The fourth-order valence-corrected chi connectivity index (χ4v) is 1.46. The Hall–Kier alpha value is -1.56. The molecule has 0 aromatic heterocycles. The highest BCUT2D eigenvalue weighted by Gasteiger charge is 2.21. The predicted octanol–water partition coefficient (Wildman–Crippen LogP) is 1.81. The van der Waals surface area contributed by atoms with E-state index in [1.807, 2.05) is 0 Å². The first-order valence-electron chi connectivity index (χ1n) is 5.16. The van der Waals surface area contributed by atoms with Crippen molar-refractivity contribution in [2.24, 2.45) is 5.73 Å². The van der Waals surface area contributed by atoms with Crippen molar-refractivity contribution in [1.82, 2.24) is 0 Å². The van der Waals surface area contributed by atoms with Crippen molar-refractivity contribution >= 4 is 11.6 Å². The van der Waals surface area contributed by atoms with Crippen LogP contribution in [0.3, 0.4) is 0 Å². The lowest BCUT2D eigenvalue weighted by molar-refractivity contribution is -0.118. The molecule has 1 amide bonds. The van der Waals surface area contributed by atoms with Gasteiger partial charge in [-0.3, -0.25) is 4.79 Å². The quantitative estimate of drug-likeness (QED) is 0.823. The Bertz CT molecular complexity index is 423. The van der Waals surface area contributed by atoms with Crippen LogP contribution < -0.4 is 10.6 Å². The lowest BCUT2D eigenvalue weighted by atomic mass is 10.2. The number of rotatable bonds is 4. The summed E-state index contributed by atoms with van der Waals surface area (Å²) in [5, 5.41) is 0. The largest absolute Gasteiger partial charge is 0.330 e. The minimum absolute atomic E-state index is 0.0201. The Labute approximate surface area is 97.0 Å². The van der Waals surface area contributed by atoms with E-state index < -0.39 is 23.4 Å². The van der Waals surface area contributed by atoms with Gasteiger partial charge in [0.1, 0.15) is 0 Å². The van der Waals surface area contributed by atoms with Crippen LogP contribution in [0.15, 0.2) is 12.1 Å². The molecular weight excluding hydrogens is 233 g/mol. The van der Waals surface area contributed by atoms with E-state index in [0.29, 0.717) is 0 Å². The Kier molecular flexibility index (Phi) is 4.51. The molecule has 0 bridgehead atoms. The SMILES string of the molecule is CCN(C(=O)CCN)c1ccc(F)c(F)c1F. The monoisotopic (exact) mass is 246 g/mol. The number of hydrogen-bond donors (Lipinski definition) is 1. The molecule has 1 aromatic rings. The third-order valence-corrected chi connectivity index (χ3v) is 2.28. The fraction of sp³-hybridized carbons (Fsp3) is 0.364. The van der Waals surface area contributed by atoms with Gasteiger partial charge in [0.25, 0.3) is 0 Å². The molecule has 17 heavy (non-hydrogen) atoms. The molecule has 0 aliphatic heterocycles. The molecule has 1 rings (SSSR count). The molecule has 0 saturated heterocycles. The number of nitrogens with zero attached hydrogens (tertiary/aromatic N) is 1. The summed E-state index contributed by atoms with van der Waals surface area (Å²) >= 11 is 0. The first-order chi connectivity index (χ1) is 8.02. The average molecular weight is 246 g/mol. The van der Waals surface area contributed by atoms with Crippen LogP contribution in [0.2, 0.25) is 0 Å². The summed E-state index contributed by atoms with van der Waals surface area (Å²) in [5.41, 5.74) is 4.94. The normalized spacial score (nSPS) is 10.4. The zero-order chi connectivity index (χ0) is 13.0. The summed E-state index contributed by atoms with van der Waals surface area (Å²) in [6.07, 6.45) is 0.0201. The predicted molar refractivity (Wildman–Crippen MR) is 58.0 cm³/mol. The van der Waals surface area contributed by atoms with Crippen molar-refractivity contribution in [3.8, 4) is 0 Å². The van der Waals surface area contributed by atoms with Crippen molar-refractivity contribution in [3.63, 3.8) is 0 Å². The van der Waals surface area contributed by atoms with E-state index >= 15 is 0 Å². The second-order valence-electron chi connectivity index (χ2n) is 3.37. The maximum atomic E-state index is 13.5. The molecule has 0 saturated carbocycles. The summed E-state index contributed by atoms with van der Waals surface area (Å²) in [5.74, 6) is -4.66. The molecule has 94 valence electrons. The van der Waals surface area contributed by atoms with E-state index in [1.165, 1.54) is 0 Å². The van der Waals surface area contributed by atoms with E-state index in [4.69, 9.17) is 5.73 Å². The van der Waals surface area contributed by atoms with Gasteiger partial charge in [0, 0.05) is 19.5 Å². The molecule has 0 aliphatic carbocycles. The smallest absolute Gasteiger partial charge is 0.228 e. The molecule has 2 N–H and O–H groups in total. The highest BCUT2D eigenvalue weighted by Crippen LogP contribution is 2.23. The molecule has 0 unspecified atom stereocenters. The molecule has 3 nitrogen and oxygen atoms in total. The maximum absolute atomic E-state index is 13.5. The van der Waals surface area contributed by atoms with E-state index in [9.17, 15) is 18.0 Å². The van der Waals surface area contributed by atoms with Gasteiger partial charge in [-0.25, -0.2) is 13.2 Å². The molecule has 0 heterocycles. The molecule has 0 spiro atoms.